The molecule has 0 saturated carbocycles. The highest BCUT2D eigenvalue weighted by atomic mass is 19.4. The van der Waals surface area contributed by atoms with Gasteiger partial charge in [0.2, 0.25) is 0 Å². The van der Waals surface area contributed by atoms with Crippen molar-refractivity contribution in [3.63, 3.8) is 0 Å². The number of aromatic amines is 1. The quantitative estimate of drug-likeness (QED) is 0.805. The monoisotopic (exact) mass is 319 g/mol. The standard InChI is InChI=1S/C16H12F3N3O/c17-16(18,19)14-9-13(20-21-14)12-6-4-11(5-7-12)10-22-8-2-1-3-15(22)23/h1-9H,10H2,(H,20,21). The third-order valence-electron chi connectivity index (χ3n) is 3.38. The molecule has 2 heterocycles. The molecule has 4 nitrogen and oxygen atoms in total. The number of benzene rings is 1. The third-order valence-corrected chi connectivity index (χ3v) is 3.38. The lowest BCUT2D eigenvalue weighted by molar-refractivity contribution is -0.141. The fourth-order valence-corrected chi connectivity index (χ4v) is 2.18. The minimum atomic E-state index is -4.44. The summed E-state index contributed by atoms with van der Waals surface area (Å²) in [6, 6.07) is 12.7. The molecule has 0 unspecified atom stereocenters. The first kappa shape index (κ1) is 15.1. The van der Waals surface area contributed by atoms with Gasteiger partial charge >= 0.3 is 6.18 Å². The van der Waals surface area contributed by atoms with Crippen LogP contribution < -0.4 is 5.56 Å². The molecule has 3 rings (SSSR count). The fraction of sp³-hybridized carbons (Fsp3) is 0.125. The molecular formula is C16H12F3N3O. The van der Waals surface area contributed by atoms with Crippen molar-refractivity contribution in [1.29, 1.82) is 0 Å². The van der Waals surface area contributed by atoms with Gasteiger partial charge in [0.25, 0.3) is 5.56 Å². The average Bonchev–Trinajstić information content (AvgIpc) is 3.00. The van der Waals surface area contributed by atoms with Crippen LogP contribution in [0.1, 0.15) is 11.3 Å². The molecule has 0 amide bonds. The number of halogens is 3. The van der Waals surface area contributed by atoms with Gasteiger partial charge in [0, 0.05) is 17.8 Å². The summed E-state index contributed by atoms with van der Waals surface area (Å²) >= 11 is 0. The number of hydrogen-bond acceptors (Lipinski definition) is 2. The predicted octanol–water partition coefficient (Wildman–Crippen LogP) is 3.31. The molecule has 1 N–H and O–H groups in total. The molecule has 23 heavy (non-hydrogen) atoms. The maximum absolute atomic E-state index is 12.6. The SMILES string of the molecule is O=c1ccccn1Cc1ccc(-c2cc(C(F)(F)F)[nH]n2)cc1. The maximum atomic E-state index is 12.6. The van der Waals surface area contributed by atoms with Crippen LogP contribution in [0.25, 0.3) is 11.3 Å². The van der Waals surface area contributed by atoms with Gasteiger partial charge in [0.05, 0.1) is 12.2 Å². The van der Waals surface area contributed by atoms with Crippen LogP contribution in [0.5, 0.6) is 0 Å². The van der Waals surface area contributed by atoms with Crippen LogP contribution in [0.15, 0.2) is 59.5 Å². The second kappa shape index (κ2) is 5.75. The van der Waals surface area contributed by atoms with Crippen LogP contribution in [-0.4, -0.2) is 14.8 Å². The summed E-state index contributed by atoms with van der Waals surface area (Å²) in [7, 11) is 0. The highest BCUT2D eigenvalue weighted by molar-refractivity contribution is 5.59. The zero-order chi connectivity index (χ0) is 16.4. The summed E-state index contributed by atoms with van der Waals surface area (Å²) in [5, 5.41) is 5.67. The van der Waals surface area contributed by atoms with Crippen LogP contribution in [0.4, 0.5) is 13.2 Å². The number of aromatic nitrogens is 3. The van der Waals surface area contributed by atoms with Gasteiger partial charge in [0.15, 0.2) is 0 Å². The van der Waals surface area contributed by atoms with E-state index in [1.54, 1.807) is 47.2 Å². The van der Waals surface area contributed by atoms with E-state index in [-0.39, 0.29) is 11.3 Å². The van der Waals surface area contributed by atoms with Gasteiger partial charge in [-0.25, -0.2) is 0 Å². The molecule has 7 heteroatoms. The topological polar surface area (TPSA) is 50.7 Å². The van der Waals surface area contributed by atoms with Crippen LogP contribution in [0.3, 0.4) is 0 Å². The molecule has 0 aliphatic carbocycles. The molecule has 0 aliphatic heterocycles. The van der Waals surface area contributed by atoms with Gasteiger partial charge in [-0.05, 0) is 17.7 Å². The Bertz CT molecular complexity index is 863. The second-order valence-electron chi connectivity index (χ2n) is 5.03. The summed E-state index contributed by atoms with van der Waals surface area (Å²) in [5.41, 5.74) is 0.668. The number of rotatable bonds is 3. The van der Waals surface area contributed by atoms with E-state index in [2.05, 4.69) is 5.10 Å². The van der Waals surface area contributed by atoms with E-state index in [1.807, 2.05) is 5.10 Å². The van der Waals surface area contributed by atoms with Crippen molar-refractivity contribution >= 4 is 0 Å². The van der Waals surface area contributed by atoms with Gasteiger partial charge in [-0.15, -0.1) is 0 Å². The lowest BCUT2D eigenvalue weighted by atomic mass is 10.1. The van der Waals surface area contributed by atoms with Crippen molar-refractivity contribution in [3.05, 3.63) is 76.3 Å². The van der Waals surface area contributed by atoms with Crippen molar-refractivity contribution in [3.8, 4) is 11.3 Å². The second-order valence-corrected chi connectivity index (χ2v) is 5.03. The van der Waals surface area contributed by atoms with Gasteiger partial charge in [-0.2, -0.15) is 18.3 Å². The Morgan fingerprint density at radius 3 is 2.43 bits per heavy atom. The first-order valence-corrected chi connectivity index (χ1v) is 6.81. The highest BCUT2D eigenvalue weighted by Crippen LogP contribution is 2.30. The first-order valence-electron chi connectivity index (χ1n) is 6.81. The first-order chi connectivity index (χ1) is 10.9. The lowest BCUT2D eigenvalue weighted by Crippen LogP contribution is -2.18. The molecule has 0 fully saturated rings. The number of nitrogens with zero attached hydrogens (tertiary/aromatic N) is 2. The van der Waals surface area contributed by atoms with Crippen LogP contribution in [0.2, 0.25) is 0 Å². The van der Waals surface area contributed by atoms with Crippen molar-refractivity contribution < 1.29 is 13.2 Å². The third kappa shape index (κ3) is 3.33. The van der Waals surface area contributed by atoms with Crippen molar-refractivity contribution in [1.82, 2.24) is 14.8 Å². The number of H-pyrrole nitrogens is 1. The number of alkyl halides is 3. The van der Waals surface area contributed by atoms with E-state index in [0.29, 0.717) is 12.1 Å². The Labute approximate surface area is 129 Å². The lowest BCUT2D eigenvalue weighted by Gasteiger charge is -2.05. The van der Waals surface area contributed by atoms with E-state index >= 15 is 0 Å². The molecule has 1 aromatic carbocycles. The molecule has 0 spiro atoms. The van der Waals surface area contributed by atoms with Crippen LogP contribution in [-0.2, 0) is 12.7 Å². The number of nitrogens with one attached hydrogen (secondary N) is 1. The highest BCUT2D eigenvalue weighted by Gasteiger charge is 2.33. The normalized spacial score (nSPS) is 11.6. The summed E-state index contributed by atoms with van der Waals surface area (Å²) < 4.78 is 39.2. The van der Waals surface area contributed by atoms with Gasteiger partial charge in [0.1, 0.15) is 5.69 Å². The van der Waals surface area contributed by atoms with Crippen molar-refractivity contribution in [2.24, 2.45) is 0 Å². The Morgan fingerprint density at radius 1 is 1.09 bits per heavy atom. The van der Waals surface area contributed by atoms with E-state index < -0.39 is 11.9 Å². The maximum Gasteiger partial charge on any atom is 0.432 e. The molecule has 0 aliphatic rings. The molecule has 0 saturated heterocycles. The smallest absolute Gasteiger partial charge is 0.311 e. The van der Waals surface area contributed by atoms with E-state index in [4.69, 9.17) is 0 Å². The van der Waals surface area contributed by atoms with E-state index in [1.165, 1.54) is 6.07 Å². The zero-order valence-corrected chi connectivity index (χ0v) is 11.8. The Balaban J connectivity index is 1.81. The van der Waals surface area contributed by atoms with E-state index in [9.17, 15) is 18.0 Å². The van der Waals surface area contributed by atoms with Crippen LogP contribution >= 0.6 is 0 Å². The summed E-state index contributed by atoms with van der Waals surface area (Å²) in [6.45, 7) is 0.397. The Kier molecular flexibility index (Phi) is 3.77. The molecule has 3 aromatic rings. The average molecular weight is 319 g/mol. The summed E-state index contributed by atoms with van der Waals surface area (Å²) in [4.78, 5) is 11.7. The zero-order valence-electron chi connectivity index (χ0n) is 11.8. The van der Waals surface area contributed by atoms with Crippen molar-refractivity contribution in [2.75, 3.05) is 0 Å². The van der Waals surface area contributed by atoms with Gasteiger partial charge in [-0.3, -0.25) is 9.89 Å². The minimum Gasteiger partial charge on any atom is -0.311 e. The van der Waals surface area contributed by atoms with E-state index in [0.717, 1.165) is 11.6 Å². The fourth-order valence-electron chi connectivity index (χ4n) is 2.18. The molecule has 0 radical (unpaired) electrons. The van der Waals surface area contributed by atoms with Crippen LogP contribution in [0, 0.1) is 0 Å². The summed E-state index contributed by atoms with van der Waals surface area (Å²) in [5.74, 6) is 0. The van der Waals surface area contributed by atoms with Gasteiger partial charge in [-0.1, -0.05) is 30.3 Å². The molecule has 0 bridgehead atoms. The predicted molar refractivity (Wildman–Crippen MR) is 78.8 cm³/mol. The number of hydrogen-bond donors (Lipinski definition) is 1. The Morgan fingerprint density at radius 2 is 1.83 bits per heavy atom. The Hall–Kier alpha value is -2.83. The molecular weight excluding hydrogens is 307 g/mol. The molecule has 2 aromatic heterocycles. The molecule has 118 valence electrons. The van der Waals surface area contributed by atoms with Gasteiger partial charge < -0.3 is 4.57 Å². The minimum absolute atomic E-state index is 0.112. The number of pyridine rings is 1. The largest absolute Gasteiger partial charge is 0.432 e. The van der Waals surface area contributed by atoms with Crippen molar-refractivity contribution in [2.45, 2.75) is 12.7 Å². The summed E-state index contributed by atoms with van der Waals surface area (Å²) in [6.07, 6.45) is -2.76. The molecule has 0 atom stereocenters.